The second-order valence-electron chi connectivity index (χ2n) is 4.20. The van der Waals surface area contributed by atoms with Crippen LogP contribution in [0.3, 0.4) is 0 Å². The predicted octanol–water partition coefficient (Wildman–Crippen LogP) is 1.01. The van der Waals surface area contributed by atoms with Crippen LogP contribution in [0.5, 0.6) is 0 Å². The largest absolute Gasteiger partial charge is 0.465 e. The quantitative estimate of drug-likeness (QED) is 0.799. The molecule has 3 N–H and O–H groups in total. The molecular formula is C11H16N4O2. The molecule has 2 atom stereocenters. The average molecular weight is 236 g/mol. The van der Waals surface area contributed by atoms with Gasteiger partial charge in [0.05, 0.1) is 17.8 Å². The first-order valence-electron chi connectivity index (χ1n) is 5.71. The maximum atomic E-state index is 11.1. The molecule has 92 valence electrons. The number of likely N-dealkylation sites (tertiary alicyclic amines) is 1. The molecule has 0 radical (unpaired) electrons. The number of nitrogens with two attached hydrogens (primary N) is 1. The molecule has 0 bridgehead atoms. The van der Waals surface area contributed by atoms with Gasteiger partial charge in [-0.3, -0.25) is 0 Å². The molecule has 0 aromatic carbocycles. The van der Waals surface area contributed by atoms with Gasteiger partial charge in [-0.05, 0) is 25.3 Å². The maximum absolute atomic E-state index is 11.1. The van der Waals surface area contributed by atoms with Crippen LogP contribution in [-0.2, 0) is 0 Å². The number of carbonyl (C=O) groups is 1. The monoisotopic (exact) mass is 236 g/mol. The van der Waals surface area contributed by atoms with Gasteiger partial charge < -0.3 is 15.7 Å². The highest BCUT2D eigenvalue weighted by Crippen LogP contribution is 2.25. The Kier molecular flexibility index (Phi) is 3.53. The third-order valence-electron chi connectivity index (χ3n) is 3.16. The van der Waals surface area contributed by atoms with Gasteiger partial charge in [0, 0.05) is 12.7 Å². The van der Waals surface area contributed by atoms with E-state index in [-0.39, 0.29) is 12.1 Å². The van der Waals surface area contributed by atoms with Crippen LogP contribution in [0.1, 0.15) is 31.0 Å². The predicted molar refractivity (Wildman–Crippen MR) is 61.3 cm³/mol. The van der Waals surface area contributed by atoms with Crippen molar-refractivity contribution in [1.82, 2.24) is 14.9 Å². The zero-order chi connectivity index (χ0) is 12.3. The summed E-state index contributed by atoms with van der Waals surface area (Å²) in [6, 6.07) is 1.17. The normalized spacial score (nSPS) is 22.2. The van der Waals surface area contributed by atoms with Crippen LogP contribution in [0.25, 0.3) is 0 Å². The Labute approximate surface area is 99.5 Å². The van der Waals surface area contributed by atoms with Crippen molar-refractivity contribution in [3.8, 4) is 0 Å². The van der Waals surface area contributed by atoms with Gasteiger partial charge >= 0.3 is 6.09 Å². The lowest BCUT2D eigenvalue weighted by atomic mass is 9.94. The maximum Gasteiger partial charge on any atom is 0.407 e. The first-order valence-corrected chi connectivity index (χ1v) is 5.71. The second-order valence-corrected chi connectivity index (χ2v) is 4.20. The van der Waals surface area contributed by atoms with E-state index in [1.54, 1.807) is 12.3 Å². The van der Waals surface area contributed by atoms with E-state index >= 15 is 0 Å². The summed E-state index contributed by atoms with van der Waals surface area (Å²) in [6.07, 6.45) is 4.85. The number of carboxylic acid groups (broad SMARTS) is 1. The average Bonchev–Trinajstić information content (AvgIpc) is 2.39. The number of hydrogen-bond donors (Lipinski definition) is 2. The third kappa shape index (κ3) is 2.52. The van der Waals surface area contributed by atoms with Crippen LogP contribution in [-0.4, -0.2) is 38.7 Å². The number of rotatable bonds is 2. The number of nitrogens with zero attached hydrogens (tertiary/aromatic N) is 3. The smallest absolute Gasteiger partial charge is 0.407 e. The number of hydrogen-bond acceptors (Lipinski definition) is 4. The summed E-state index contributed by atoms with van der Waals surface area (Å²) in [5, 5.41) is 9.14. The second kappa shape index (κ2) is 5.09. The van der Waals surface area contributed by atoms with Crippen molar-refractivity contribution < 1.29 is 9.90 Å². The summed E-state index contributed by atoms with van der Waals surface area (Å²) in [7, 11) is 0. The third-order valence-corrected chi connectivity index (χ3v) is 3.16. The summed E-state index contributed by atoms with van der Waals surface area (Å²) < 4.78 is 0. The zero-order valence-corrected chi connectivity index (χ0v) is 9.49. The van der Waals surface area contributed by atoms with Crippen molar-refractivity contribution in [3.05, 3.63) is 24.3 Å². The molecule has 1 aliphatic rings. The SMILES string of the molecule is NC(c1ccncn1)C1CCCCN1C(=O)O. The number of aromatic nitrogens is 2. The van der Waals surface area contributed by atoms with Gasteiger partial charge in [-0.2, -0.15) is 0 Å². The van der Waals surface area contributed by atoms with Gasteiger partial charge in [0.15, 0.2) is 0 Å². The van der Waals surface area contributed by atoms with Crippen molar-refractivity contribution in [3.63, 3.8) is 0 Å². The van der Waals surface area contributed by atoms with E-state index in [0.717, 1.165) is 19.3 Å². The van der Waals surface area contributed by atoms with E-state index in [0.29, 0.717) is 12.2 Å². The fraction of sp³-hybridized carbons (Fsp3) is 0.545. The summed E-state index contributed by atoms with van der Waals surface area (Å²) in [5.41, 5.74) is 6.80. The van der Waals surface area contributed by atoms with Gasteiger partial charge in [-0.1, -0.05) is 0 Å². The minimum Gasteiger partial charge on any atom is -0.465 e. The zero-order valence-electron chi connectivity index (χ0n) is 9.49. The molecule has 1 amide bonds. The molecule has 1 aromatic heterocycles. The van der Waals surface area contributed by atoms with Crippen LogP contribution in [0.4, 0.5) is 4.79 Å². The standard InChI is InChI=1S/C11H16N4O2/c12-10(8-4-5-13-7-14-8)9-3-1-2-6-15(9)11(16)17/h4-5,7,9-10H,1-3,6,12H2,(H,16,17). The van der Waals surface area contributed by atoms with Crippen molar-refractivity contribution in [1.29, 1.82) is 0 Å². The van der Waals surface area contributed by atoms with Gasteiger partial charge in [0.2, 0.25) is 0 Å². The molecular weight excluding hydrogens is 220 g/mol. The van der Waals surface area contributed by atoms with E-state index in [9.17, 15) is 4.79 Å². The Morgan fingerprint density at radius 1 is 1.59 bits per heavy atom. The lowest BCUT2D eigenvalue weighted by molar-refractivity contribution is 0.0961. The van der Waals surface area contributed by atoms with Gasteiger partial charge in [-0.15, -0.1) is 0 Å². The van der Waals surface area contributed by atoms with Crippen LogP contribution >= 0.6 is 0 Å². The molecule has 17 heavy (non-hydrogen) atoms. The first kappa shape index (κ1) is 11.8. The number of amides is 1. The molecule has 0 aliphatic carbocycles. The molecule has 0 spiro atoms. The van der Waals surface area contributed by atoms with Crippen molar-refractivity contribution in [2.75, 3.05) is 6.54 Å². The highest BCUT2D eigenvalue weighted by molar-refractivity contribution is 5.65. The summed E-state index contributed by atoms with van der Waals surface area (Å²) in [5.74, 6) is 0. The first-order chi connectivity index (χ1) is 8.20. The molecule has 6 nitrogen and oxygen atoms in total. The molecule has 2 rings (SSSR count). The fourth-order valence-electron chi connectivity index (χ4n) is 2.26. The van der Waals surface area contributed by atoms with Gasteiger partial charge in [0.1, 0.15) is 6.33 Å². The summed E-state index contributed by atoms with van der Waals surface area (Å²) in [6.45, 7) is 0.554. The van der Waals surface area contributed by atoms with Crippen LogP contribution in [0.15, 0.2) is 18.6 Å². The topological polar surface area (TPSA) is 92.3 Å². The Hall–Kier alpha value is -1.69. The lowest BCUT2D eigenvalue weighted by Crippen LogP contribution is -2.48. The Balaban J connectivity index is 2.16. The van der Waals surface area contributed by atoms with Gasteiger partial charge in [0.25, 0.3) is 0 Å². The molecule has 2 unspecified atom stereocenters. The molecule has 1 aliphatic heterocycles. The van der Waals surface area contributed by atoms with Crippen molar-refractivity contribution in [2.45, 2.75) is 31.3 Å². The molecule has 0 saturated carbocycles. The lowest BCUT2D eigenvalue weighted by Gasteiger charge is -2.36. The van der Waals surface area contributed by atoms with E-state index in [1.165, 1.54) is 11.2 Å². The van der Waals surface area contributed by atoms with Gasteiger partial charge in [-0.25, -0.2) is 14.8 Å². The van der Waals surface area contributed by atoms with Crippen LogP contribution < -0.4 is 5.73 Å². The molecule has 6 heteroatoms. The van der Waals surface area contributed by atoms with E-state index in [1.807, 2.05) is 0 Å². The Bertz CT molecular complexity index is 384. The fourth-order valence-corrected chi connectivity index (χ4v) is 2.26. The van der Waals surface area contributed by atoms with Crippen molar-refractivity contribution >= 4 is 6.09 Å². The minimum absolute atomic E-state index is 0.184. The Morgan fingerprint density at radius 2 is 2.41 bits per heavy atom. The summed E-state index contributed by atoms with van der Waals surface area (Å²) >= 11 is 0. The van der Waals surface area contributed by atoms with E-state index < -0.39 is 6.09 Å². The minimum atomic E-state index is -0.904. The highest BCUT2D eigenvalue weighted by Gasteiger charge is 2.32. The van der Waals surface area contributed by atoms with Crippen LogP contribution in [0, 0.1) is 0 Å². The molecule has 1 saturated heterocycles. The highest BCUT2D eigenvalue weighted by atomic mass is 16.4. The molecule has 2 heterocycles. The van der Waals surface area contributed by atoms with Crippen molar-refractivity contribution in [2.24, 2.45) is 5.73 Å². The molecule has 1 fully saturated rings. The van der Waals surface area contributed by atoms with Crippen LogP contribution in [0.2, 0.25) is 0 Å². The Morgan fingerprint density at radius 3 is 3.06 bits per heavy atom. The molecule has 1 aromatic rings. The summed E-state index contributed by atoms with van der Waals surface area (Å²) in [4.78, 5) is 20.5. The number of piperidine rings is 1. The van der Waals surface area contributed by atoms with E-state index in [4.69, 9.17) is 10.8 Å². The van der Waals surface area contributed by atoms with E-state index in [2.05, 4.69) is 9.97 Å².